The summed E-state index contributed by atoms with van der Waals surface area (Å²) in [5.74, 6) is 0.977. The second-order valence-electron chi connectivity index (χ2n) is 9.73. The van der Waals surface area contributed by atoms with Crippen LogP contribution >= 0.6 is 0 Å². The van der Waals surface area contributed by atoms with E-state index in [1.54, 1.807) is 6.07 Å². The molecule has 1 aromatic heterocycles. The molecule has 0 bridgehead atoms. The van der Waals surface area contributed by atoms with Crippen molar-refractivity contribution in [3.05, 3.63) is 101 Å². The number of hydrogen-bond donors (Lipinski definition) is 0. The first kappa shape index (κ1) is 24.6. The van der Waals surface area contributed by atoms with Crippen molar-refractivity contribution in [1.82, 2.24) is 4.98 Å². The second-order valence-corrected chi connectivity index (χ2v) is 9.73. The predicted molar refractivity (Wildman–Crippen MR) is 143 cm³/mol. The van der Waals surface area contributed by atoms with Crippen molar-refractivity contribution in [3.8, 4) is 28.3 Å². The molecule has 1 aliphatic rings. The Morgan fingerprint density at radius 1 is 1.00 bits per heavy atom. The Kier molecular flexibility index (Phi) is 7.22. The Bertz CT molecular complexity index is 1350. The average Bonchev–Trinajstić information content (AvgIpc) is 3.34. The molecule has 0 fully saturated rings. The van der Waals surface area contributed by atoms with Crippen molar-refractivity contribution < 1.29 is 19.1 Å². The molecule has 37 heavy (non-hydrogen) atoms. The van der Waals surface area contributed by atoms with E-state index >= 15 is 0 Å². The van der Waals surface area contributed by atoms with Crippen LogP contribution in [0.2, 0.25) is 0 Å². The minimum atomic E-state index is -1.24. The number of aromatic nitrogens is 1. The Morgan fingerprint density at radius 2 is 1.70 bits per heavy atom. The number of nitrogens with zero attached hydrogens (tertiary/aromatic N) is 1. The maximum Gasteiger partial charge on any atom is 0.223 e. The number of hydrogen-bond acceptors (Lipinski definition) is 5. The van der Waals surface area contributed by atoms with Gasteiger partial charge in [-0.2, -0.15) is 0 Å². The molecule has 5 nitrogen and oxygen atoms in total. The summed E-state index contributed by atoms with van der Waals surface area (Å²) >= 11 is 0. The molecular formula is C32H30NO4-. The van der Waals surface area contributed by atoms with Gasteiger partial charge in [0.2, 0.25) is 5.89 Å². The molecule has 0 radical (unpaired) electrons. The van der Waals surface area contributed by atoms with Gasteiger partial charge in [-0.3, -0.25) is 0 Å². The van der Waals surface area contributed by atoms with Gasteiger partial charge in [0.05, 0.1) is 5.97 Å². The monoisotopic (exact) mass is 492 g/mol. The molecule has 1 unspecified atom stereocenters. The van der Waals surface area contributed by atoms with E-state index in [1.165, 1.54) is 11.1 Å². The van der Waals surface area contributed by atoms with Gasteiger partial charge in [-0.25, -0.2) is 4.98 Å². The van der Waals surface area contributed by atoms with Crippen molar-refractivity contribution in [2.24, 2.45) is 5.92 Å². The Labute approximate surface area is 217 Å². The summed E-state index contributed by atoms with van der Waals surface area (Å²) in [6, 6.07) is 24.3. The van der Waals surface area contributed by atoms with E-state index in [2.05, 4.69) is 68.5 Å². The molecule has 188 valence electrons. The number of rotatable bonds is 8. The van der Waals surface area contributed by atoms with Gasteiger partial charge < -0.3 is 19.1 Å². The number of benzene rings is 3. The number of carbonyl (C=O) groups is 1. The number of ether oxygens (including phenoxy) is 1. The van der Waals surface area contributed by atoms with Gasteiger partial charge in [-0.15, -0.1) is 0 Å². The van der Waals surface area contributed by atoms with E-state index in [4.69, 9.17) is 14.1 Å². The molecule has 0 amide bonds. The molecule has 5 rings (SSSR count). The maximum absolute atomic E-state index is 10.8. The molecule has 0 spiro atoms. The van der Waals surface area contributed by atoms with Crippen LogP contribution in [0.3, 0.4) is 0 Å². The molecule has 0 N–H and O–H groups in total. The van der Waals surface area contributed by atoms with Crippen LogP contribution in [0.5, 0.6) is 5.75 Å². The zero-order valence-electron chi connectivity index (χ0n) is 21.2. The van der Waals surface area contributed by atoms with Gasteiger partial charge in [0, 0.05) is 16.7 Å². The topological polar surface area (TPSA) is 75.4 Å². The number of oxazole rings is 1. The lowest BCUT2D eigenvalue weighted by molar-refractivity contribution is -0.307. The molecule has 0 saturated carbocycles. The molecule has 1 atom stereocenters. The number of carboxylic acid groups (broad SMARTS) is 1. The van der Waals surface area contributed by atoms with Crippen LogP contribution in [-0.4, -0.2) is 17.6 Å². The van der Waals surface area contributed by atoms with Crippen LogP contribution in [0, 0.1) is 19.8 Å². The zero-order chi connectivity index (χ0) is 25.8. The summed E-state index contributed by atoms with van der Waals surface area (Å²) in [5.41, 5.74) is 7.48. The minimum Gasteiger partial charge on any atom is -0.546 e. The van der Waals surface area contributed by atoms with Gasteiger partial charge >= 0.3 is 0 Å². The summed E-state index contributed by atoms with van der Waals surface area (Å²) in [7, 11) is 0. The van der Waals surface area contributed by atoms with Crippen molar-refractivity contribution in [2.75, 3.05) is 6.61 Å². The average molecular weight is 493 g/mol. The van der Waals surface area contributed by atoms with Crippen molar-refractivity contribution in [1.29, 1.82) is 0 Å². The normalized spacial score (nSPS) is 15.3. The zero-order valence-corrected chi connectivity index (χ0v) is 21.2. The molecule has 0 saturated heterocycles. The summed E-state index contributed by atoms with van der Waals surface area (Å²) < 4.78 is 11.9. The Hall–Kier alpha value is -4.12. The van der Waals surface area contributed by atoms with Crippen LogP contribution in [0.25, 0.3) is 28.2 Å². The van der Waals surface area contributed by atoms with E-state index in [1.807, 2.05) is 18.2 Å². The van der Waals surface area contributed by atoms with Crippen LogP contribution in [0.15, 0.2) is 83.3 Å². The quantitative estimate of drug-likeness (QED) is 0.294. The molecule has 4 aromatic rings. The highest BCUT2D eigenvalue weighted by molar-refractivity contribution is 5.79. The fourth-order valence-corrected chi connectivity index (χ4v) is 4.86. The highest BCUT2D eigenvalue weighted by Gasteiger charge is 2.26. The van der Waals surface area contributed by atoms with E-state index in [-0.39, 0.29) is 5.92 Å². The summed E-state index contributed by atoms with van der Waals surface area (Å²) in [6.07, 6.45) is 6.16. The number of carbonyl (C=O) groups excluding carboxylic acids is 1. The van der Waals surface area contributed by atoms with Crippen molar-refractivity contribution in [3.63, 3.8) is 0 Å². The first-order chi connectivity index (χ1) is 18.0. The molecule has 1 aliphatic carbocycles. The largest absolute Gasteiger partial charge is 0.546 e. The predicted octanol–water partition coefficient (Wildman–Crippen LogP) is 6.18. The third-order valence-corrected chi connectivity index (χ3v) is 6.81. The lowest BCUT2D eigenvalue weighted by atomic mass is 9.83. The van der Waals surface area contributed by atoms with E-state index in [9.17, 15) is 9.90 Å². The van der Waals surface area contributed by atoms with Gasteiger partial charge in [-0.05, 0) is 63.1 Å². The summed E-state index contributed by atoms with van der Waals surface area (Å²) in [5, 5.41) is 10.8. The fourth-order valence-electron chi connectivity index (χ4n) is 4.86. The van der Waals surface area contributed by atoms with Gasteiger partial charge in [-0.1, -0.05) is 77.9 Å². The van der Waals surface area contributed by atoms with Gasteiger partial charge in [0.1, 0.15) is 18.1 Å². The standard InChI is InChI=1S/C32H31NO4/c1-21-10-14-24(15-11-21)30-31(25-16-12-22(2)13-17-25)37-32(33-30)28-9-4-3-7-26(28)18-23-6-5-8-27(19-23)36-20-29(34)35/h5-6,8-17,19,26H,3-4,7,18,20H2,1-2H3,(H,34,35)/p-1. The van der Waals surface area contributed by atoms with E-state index in [0.717, 1.165) is 59.4 Å². The van der Waals surface area contributed by atoms with Crippen LogP contribution in [-0.2, 0) is 11.2 Å². The highest BCUT2D eigenvalue weighted by Crippen LogP contribution is 2.40. The Balaban J connectivity index is 1.48. The molecule has 5 heteroatoms. The van der Waals surface area contributed by atoms with Crippen molar-refractivity contribution in [2.45, 2.75) is 39.5 Å². The summed E-state index contributed by atoms with van der Waals surface area (Å²) in [4.78, 5) is 15.8. The van der Waals surface area contributed by atoms with Gasteiger partial charge in [0.25, 0.3) is 0 Å². The smallest absolute Gasteiger partial charge is 0.223 e. The van der Waals surface area contributed by atoms with Crippen LogP contribution in [0.1, 0.15) is 41.8 Å². The van der Waals surface area contributed by atoms with Crippen LogP contribution < -0.4 is 9.84 Å². The van der Waals surface area contributed by atoms with E-state index in [0.29, 0.717) is 11.6 Å². The minimum absolute atomic E-state index is 0.237. The number of allylic oxidation sites excluding steroid dienone is 2. The van der Waals surface area contributed by atoms with Crippen LogP contribution in [0.4, 0.5) is 0 Å². The number of carboxylic acids is 1. The fraction of sp³-hybridized carbons (Fsp3) is 0.250. The molecule has 0 aliphatic heterocycles. The third kappa shape index (κ3) is 5.83. The van der Waals surface area contributed by atoms with Crippen molar-refractivity contribution >= 4 is 11.5 Å². The lowest BCUT2D eigenvalue weighted by Crippen LogP contribution is -2.28. The maximum atomic E-state index is 10.8. The molecular weight excluding hydrogens is 462 g/mol. The number of aryl methyl sites for hydroxylation is 2. The SMILES string of the molecule is Cc1ccc(-c2nc(C3=CCCCC3Cc3cccc(OCC(=O)[O-])c3)oc2-c2ccc(C)cc2)cc1. The lowest BCUT2D eigenvalue weighted by Gasteiger charge is -2.22. The summed E-state index contributed by atoms with van der Waals surface area (Å²) in [6.45, 7) is 3.69. The van der Waals surface area contributed by atoms with E-state index < -0.39 is 12.6 Å². The van der Waals surface area contributed by atoms with Gasteiger partial charge in [0.15, 0.2) is 5.76 Å². The highest BCUT2D eigenvalue weighted by atomic mass is 16.5. The Morgan fingerprint density at radius 3 is 2.41 bits per heavy atom. The second kappa shape index (κ2) is 10.9. The first-order valence-electron chi connectivity index (χ1n) is 12.7. The number of aliphatic carboxylic acids is 1. The molecule has 3 aromatic carbocycles. The third-order valence-electron chi connectivity index (χ3n) is 6.81. The molecule has 1 heterocycles. The first-order valence-corrected chi connectivity index (χ1v) is 12.7.